The van der Waals surface area contributed by atoms with Crippen LogP contribution in [0, 0.1) is 10.1 Å². The number of rotatable bonds is 8. The average molecular weight is 250 g/mol. The number of para-hydroxylation sites is 1. The molecule has 0 radical (unpaired) electrons. The van der Waals surface area contributed by atoms with Gasteiger partial charge in [-0.1, -0.05) is 30.4 Å². The van der Waals surface area contributed by atoms with E-state index in [1.54, 1.807) is 18.2 Å². The summed E-state index contributed by atoms with van der Waals surface area (Å²) in [5.41, 5.74) is 1.81. The quantitative estimate of drug-likeness (QED) is 0.333. The van der Waals surface area contributed by atoms with E-state index in [0.717, 1.165) is 5.57 Å². The molecule has 0 unspecified atom stereocenters. The Kier molecular flexibility index (Phi) is 6.04. The Labute approximate surface area is 107 Å². The van der Waals surface area contributed by atoms with Crippen molar-refractivity contribution >= 4 is 5.69 Å². The lowest BCUT2D eigenvalue weighted by Crippen LogP contribution is -2.20. The van der Waals surface area contributed by atoms with E-state index >= 15 is 0 Å². The van der Waals surface area contributed by atoms with Gasteiger partial charge in [0, 0.05) is 24.7 Å². The smallest absolute Gasteiger partial charge is 0.273 e. The Morgan fingerprint density at radius 1 is 1.50 bits per heavy atom. The molecule has 98 valence electrons. The Hall–Kier alpha value is -1.72. The first-order valence-corrected chi connectivity index (χ1v) is 5.76. The highest BCUT2D eigenvalue weighted by Gasteiger charge is 2.10. The van der Waals surface area contributed by atoms with Crippen LogP contribution in [0.4, 0.5) is 5.69 Å². The second-order valence-electron chi connectivity index (χ2n) is 4.07. The normalized spacial score (nSPS) is 10.3. The first-order valence-electron chi connectivity index (χ1n) is 5.76. The van der Waals surface area contributed by atoms with Gasteiger partial charge in [-0.3, -0.25) is 10.1 Å². The summed E-state index contributed by atoms with van der Waals surface area (Å²) in [5.74, 6) is 0. The van der Waals surface area contributed by atoms with Crippen LogP contribution >= 0.6 is 0 Å². The number of hydrogen-bond donors (Lipinski definition) is 1. The Bertz CT molecular complexity index is 418. The van der Waals surface area contributed by atoms with Gasteiger partial charge in [-0.15, -0.1) is 0 Å². The number of hydrogen-bond acceptors (Lipinski definition) is 4. The monoisotopic (exact) mass is 250 g/mol. The molecule has 5 heteroatoms. The summed E-state index contributed by atoms with van der Waals surface area (Å²) in [4.78, 5) is 10.4. The molecule has 1 aromatic carbocycles. The van der Waals surface area contributed by atoms with E-state index in [9.17, 15) is 10.1 Å². The zero-order chi connectivity index (χ0) is 13.4. The predicted molar refractivity (Wildman–Crippen MR) is 70.4 cm³/mol. The van der Waals surface area contributed by atoms with Gasteiger partial charge in [-0.25, -0.2) is 0 Å². The van der Waals surface area contributed by atoms with E-state index in [0.29, 0.717) is 31.9 Å². The molecule has 1 N–H and O–H groups in total. The van der Waals surface area contributed by atoms with Crippen molar-refractivity contribution in [1.82, 2.24) is 5.32 Å². The van der Waals surface area contributed by atoms with E-state index in [2.05, 4.69) is 11.9 Å². The highest BCUT2D eigenvalue weighted by atomic mass is 16.6. The molecule has 1 rings (SSSR count). The molecule has 0 saturated carbocycles. The minimum absolute atomic E-state index is 0.146. The lowest BCUT2D eigenvalue weighted by atomic mass is 10.2. The minimum atomic E-state index is -0.366. The molecule has 0 aliphatic rings. The Morgan fingerprint density at radius 3 is 2.89 bits per heavy atom. The van der Waals surface area contributed by atoms with Gasteiger partial charge in [0.1, 0.15) is 0 Å². The van der Waals surface area contributed by atoms with E-state index in [4.69, 9.17) is 4.74 Å². The molecule has 0 aromatic heterocycles. The van der Waals surface area contributed by atoms with Crippen molar-refractivity contribution in [2.75, 3.05) is 19.8 Å². The zero-order valence-electron chi connectivity index (χ0n) is 10.5. The van der Waals surface area contributed by atoms with Gasteiger partial charge < -0.3 is 10.1 Å². The van der Waals surface area contributed by atoms with Crippen LogP contribution in [0.25, 0.3) is 0 Å². The maximum Gasteiger partial charge on any atom is 0.273 e. The van der Waals surface area contributed by atoms with Crippen LogP contribution in [0.5, 0.6) is 0 Å². The summed E-state index contributed by atoms with van der Waals surface area (Å²) in [6.07, 6.45) is 0. The van der Waals surface area contributed by atoms with Gasteiger partial charge in [0.05, 0.1) is 18.1 Å². The van der Waals surface area contributed by atoms with Crippen LogP contribution in [0.1, 0.15) is 12.5 Å². The maximum absolute atomic E-state index is 10.8. The number of nitrogens with zero attached hydrogens (tertiary/aromatic N) is 1. The first kappa shape index (κ1) is 14.3. The van der Waals surface area contributed by atoms with Crippen molar-refractivity contribution in [3.63, 3.8) is 0 Å². The van der Waals surface area contributed by atoms with Crippen molar-refractivity contribution in [3.05, 3.63) is 52.1 Å². The zero-order valence-corrected chi connectivity index (χ0v) is 10.5. The molecule has 0 fully saturated rings. The second-order valence-corrected chi connectivity index (χ2v) is 4.07. The molecule has 1 aromatic rings. The summed E-state index contributed by atoms with van der Waals surface area (Å²) >= 11 is 0. The van der Waals surface area contributed by atoms with Crippen molar-refractivity contribution < 1.29 is 9.66 Å². The third-order valence-corrected chi connectivity index (χ3v) is 2.28. The molecule has 0 atom stereocenters. The molecule has 0 spiro atoms. The molecule has 5 nitrogen and oxygen atoms in total. The maximum atomic E-state index is 10.8. The topological polar surface area (TPSA) is 64.4 Å². The summed E-state index contributed by atoms with van der Waals surface area (Å²) in [6, 6.07) is 6.72. The first-order chi connectivity index (χ1) is 8.61. The average Bonchev–Trinajstić information content (AvgIpc) is 2.33. The van der Waals surface area contributed by atoms with E-state index < -0.39 is 0 Å². The van der Waals surface area contributed by atoms with E-state index in [-0.39, 0.29) is 10.6 Å². The molecule has 0 heterocycles. The molecule has 0 amide bonds. The number of nitrogens with one attached hydrogen (secondary N) is 1. The molecule has 18 heavy (non-hydrogen) atoms. The highest BCUT2D eigenvalue weighted by Crippen LogP contribution is 2.16. The third kappa shape index (κ3) is 5.07. The molecular formula is C13H18N2O3. The van der Waals surface area contributed by atoms with Crippen LogP contribution in [0.3, 0.4) is 0 Å². The van der Waals surface area contributed by atoms with Gasteiger partial charge in [-0.05, 0) is 6.92 Å². The van der Waals surface area contributed by atoms with Crippen molar-refractivity contribution in [2.45, 2.75) is 13.5 Å². The summed E-state index contributed by atoms with van der Waals surface area (Å²) in [5, 5.41) is 13.9. The van der Waals surface area contributed by atoms with Gasteiger partial charge in [-0.2, -0.15) is 0 Å². The Balaban J connectivity index is 2.31. The van der Waals surface area contributed by atoms with Crippen LogP contribution in [-0.4, -0.2) is 24.7 Å². The number of ether oxygens (including phenoxy) is 1. The second kappa shape index (κ2) is 7.58. The standard InChI is InChI=1S/C13H18N2O3/c1-11(2)10-18-8-7-14-9-12-5-3-4-6-13(12)15(16)17/h3-6,14H,1,7-10H2,2H3. The molecule has 0 aliphatic carbocycles. The van der Waals surface area contributed by atoms with E-state index in [1.807, 2.05) is 6.92 Å². The number of benzene rings is 1. The predicted octanol–water partition coefficient (Wildman–Crippen LogP) is 2.28. The van der Waals surface area contributed by atoms with Gasteiger partial charge in [0.25, 0.3) is 5.69 Å². The van der Waals surface area contributed by atoms with Gasteiger partial charge >= 0.3 is 0 Å². The van der Waals surface area contributed by atoms with Crippen molar-refractivity contribution in [1.29, 1.82) is 0 Å². The van der Waals surface area contributed by atoms with Crippen LogP contribution < -0.4 is 5.32 Å². The number of nitro benzene ring substituents is 1. The lowest BCUT2D eigenvalue weighted by molar-refractivity contribution is -0.385. The van der Waals surface area contributed by atoms with Gasteiger partial charge in [0.15, 0.2) is 0 Å². The van der Waals surface area contributed by atoms with Crippen molar-refractivity contribution in [2.24, 2.45) is 0 Å². The van der Waals surface area contributed by atoms with Crippen molar-refractivity contribution in [3.8, 4) is 0 Å². The molecule has 0 saturated heterocycles. The van der Waals surface area contributed by atoms with Gasteiger partial charge in [0.2, 0.25) is 0 Å². The summed E-state index contributed by atoms with van der Waals surface area (Å²) in [7, 11) is 0. The fourth-order valence-electron chi connectivity index (χ4n) is 1.45. The Morgan fingerprint density at radius 2 is 2.22 bits per heavy atom. The summed E-state index contributed by atoms with van der Waals surface area (Å²) < 4.78 is 5.31. The largest absolute Gasteiger partial charge is 0.376 e. The SMILES string of the molecule is C=C(C)COCCNCc1ccccc1[N+](=O)[O-]. The minimum Gasteiger partial charge on any atom is -0.376 e. The highest BCUT2D eigenvalue weighted by molar-refractivity contribution is 5.39. The van der Waals surface area contributed by atoms with Crippen LogP contribution in [-0.2, 0) is 11.3 Å². The number of nitro groups is 1. The fraction of sp³-hybridized carbons (Fsp3) is 0.385. The molecule has 0 bridgehead atoms. The molecule has 0 aliphatic heterocycles. The van der Waals surface area contributed by atoms with Crippen LogP contribution in [0.15, 0.2) is 36.4 Å². The third-order valence-electron chi connectivity index (χ3n) is 2.28. The van der Waals surface area contributed by atoms with Crippen LogP contribution in [0.2, 0.25) is 0 Å². The summed E-state index contributed by atoms with van der Waals surface area (Å²) in [6.45, 7) is 7.86. The van der Waals surface area contributed by atoms with E-state index in [1.165, 1.54) is 6.07 Å². The lowest BCUT2D eigenvalue weighted by Gasteiger charge is -2.06. The fourth-order valence-corrected chi connectivity index (χ4v) is 1.45. The molecular weight excluding hydrogens is 232 g/mol.